The Labute approximate surface area is 137 Å². The average molecular weight is 336 g/mol. The molecule has 120 valence electrons. The molecule has 0 heterocycles. The van der Waals surface area contributed by atoms with Crippen LogP contribution in [0.15, 0.2) is 0 Å². The summed E-state index contributed by atoms with van der Waals surface area (Å²) in [5.74, 6) is 0. The first kappa shape index (κ1) is 24.8. The van der Waals surface area contributed by atoms with Crippen LogP contribution in [0.5, 0.6) is 0 Å². The summed E-state index contributed by atoms with van der Waals surface area (Å²) in [6.07, 6.45) is 6.20. The molecule has 0 spiro atoms. The van der Waals surface area contributed by atoms with Crippen molar-refractivity contribution in [1.29, 1.82) is 0 Å². The molecule has 1 atom stereocenters. The molecule has 0 aliphatic carbocycles. The highest BCUT2D eigenvalue weighted by molar-refractivity contribution is 6.34. The van der Waals surface area contributed by atoms with Crippen LogP contribution in [0.3, 0.4) is 0 Å². The average Bonchev–Trinajstić information content (AvgIpc) is 2.34. The number of nitrogens with one attached hydrogen (secondary N) is 1. The second-order valence-electron chi connectivity index (χ2n) is 5.61. The number of nitrogens with zero attached hydrogens (tertiary/aromatic N) is 1. The van der Waals surface area contributed by atoms with Gasteiger partial charge >= 0.3 is 0 Å². The maximum atomic E-state index is 5.75. The van der Waals surface area contributed by atoms with Gasteiger partial charge in [0.2, 0.25) is 0 Å². The fraction of sp³-hybridized carbons (Fsp3) is 1.00. The highest BCUT2D eigenvalue weighted by atomic mass is 35.5. The van der Waals surface area contributed by atoms with Crippen molar-refractivity contribution < 1.29 is 17.3 Å². The van der Waals surface area contributed by atoms with E-state index in [9.17, 15) is 0 Å². The molecule has 0 aliphatic rings. The predicted octanol–water partition coefficient (Wildman–Crippen LogP) is 0.890. The van der Waals surface area contributed by atoms with Gasteiger partial charge in [0, 0.05) is 6.42 Å². The third kappa shape index (κ3) is 16.7. The minimum absolute atomic E-state index is 0. The number of quaternary nitrogens is 1. The second kappa shape index (κ2) is 15.2. The molecule has 0 rings (SSSR count). The molecular formula is C14H33Cl3N2. The van der Waals surface area contributed by atoms with E-state index in [0.717, 1.165) is 13.0 Å². The molecule has 1 unspecified atom stereocenters. The van der Waals surface area contributed by atoms with Crippen molar-refractivity contribution in [3.8, 4) is 0 Å². The van der Waals surface area contributed by atoms with Crippen molar-refractivity contribution in [3.63, 3.8) is 0 Å². The van der Waals surface area contributed by atoms with E-state index in [0.29, 0.717) is 0 Å². The third-order valence-corrected chi connectivity index (χ3v) is 3.99. The SMILES string of the molecule is CCCC.CCCC[NH+](C)CCC(C)(C)N(Cl)Cl.[Cl-]. The van der Waals surface area contributed by atoms with Gasteiger partial charge in [0.05, 0.1) is 25.7 Å². The van der Waals surface area contributed by atoms with Crippen LogP contribution in [-0.4, -0.2) is 29.6 Å². The van der Waals surface area contributed by atoms with Crippen LogP contribution in [0, 0.1) is 0 Å². The highest BCUT2D eigenvalue weighted by Crippen LogP contribution is 2.22. The molecule has 1 N–H and O–H groups in total. The van der Waals surface area contributed by atoms with Crippen LogP contribution in [0.2, 0.25) is 0 Å². The fourth-order valence-electron chi connectivity index (χ4n) is 1.21. The van der Waals surface area contributed by atoms with Crippen LogP contribution >= 0.6 is 23.6 Å². The Morgan fingerprint density at radius 1 is 0.947 bits per heavy atom. The zero-order valence-corrected chi connectivity index (χ0v) is 15.8. The van der Waals surface area contributed by atoms with Crippen LogP contribution in [0.1, 0.15) is 66.7 Å². The number of unbranched alkanes of at least 4 members (excludes halogenated alkanes) is 2. The molecule has 0 aliphatic heterocycles. The Balaban J connectivity index is -0.000000448. The van der Waals surface area contributed by atoms with E-state index < -0.39 is 0 Å². The van der Waals surface area contributed by atoms with E-state index in [4.69, 9.17) is 23.6 Å². The number of rotatable bonds is 8. The standard InChI is InChI=1S/C10H22Cl2N2.C4H10.ClH/c1-5-6-8-13(4)9-7-10(2,3)14(11)12;1-3-4-2;/h5-9H2,1-4H3;3-4H2,1-2H3;1H. The fourth-order valence-corrected chi connectivity index (χ4v) is 1.38. The Hall–Kier alpha value is 0.790. The molecule has 5 heteroatoms. The summed E-state index contributed by atoms with van der Waals surface area (Å²) in [7, 11) is 2.22. The van der Waals surface area contributed by atoms with Gasteiger partial charge in [0.15, 0.2) is 0 Å². The van der Waals surface area contributed by atoms with Crippen molar-refractivity contribution in [1.82, 2.24) is 3.94 Å². The number of hydrogen-bond acceptors (Lipinski definition) is 1. The molecule has 2 nitrogen and oxygen atoms in total. The Kier molecular flexibility index (Phi) is 19.8. The number of halogens is 3. The summed E-state index contributed by atoms with van der Waals surface area (Å²) in [4.78, 5) is 1.55. The Morgan fingerprint density at radius 3 is 1.74 bits per heavy atom. The van der Waals surface area contributed by atoms with Crippen LogP contribution in [-0.2, 0) is 0 Å². The normalized spacial score (nSPS) is 12.5. The van der Waals surface area contributed by atoms with Crippen molar-refractivity contribution in [2.45, 2.75) is 72.3 Å². The van der Waals surface area contributed by atoms with Crippen molar-refractivity contribution >= 4 is 23.6 Å². The number of hydrogen-bond donors (Lipinski definition) is 1. The molecule has 0 bridgehead atoms. The maximum Gasteiger partial charge on any atom is 0.0787 e. The second-order valence-corrected chi connectivity index (χ2v) is 6.46. The summed E-state index contributed by atoms with van der Waals surface area (Å²) in [5.41, 5.74) is -0.128. The molecule has 0 radical (unpaired) electrons. The van der Waals surface area contributed by atoms with E-state index in [1.165, 1.54) is 36.2 Å². The lowest BCUT2D eigenvalue weighted by molar-refractivity contribution is -0.880. The van der Waals surface area contributed by atoms with Crippen molar-refractivity contribution in [2.75, 3.05) is 20.1 Å². The lowest BCUT2D eigenvalue weighted by atomic mass is 10.0. The molecule has 0 aromatic carbocycles. The quantitative estimate of drug-likeness (QED) is 0.647. The zero-order chi connectivity index (χ0) is 14.6. The van der Waals surface area contributed by atoms with Gasteiger partial charge in [0.25, 0.3) is 0 Å². The third-order valence-electron chi connectivity index (χ3n) is 3.08. The lowest BCUT2D eigenvalue weighted by Crippen LogP contribution is -3.09. The summed E-state index contributed by atoms with van der Waals surface area (Å²) < 4.78 is 1.26. The highest BCUT2D eigenvalue weighted by Gasteiger charge is 2.25. The van der Waals surface area contributed by atoms with E-state index in [1.54, 1.807) is 4.90 Å². The summed E-state index contributed by atoms with van der Waals surface area (Å²) in [6.45, 7) is 13.0. The van der Waals surface area contributed by atoms with Gasteiger partial charge in [-0.1, -0.05) is 40.0 Å². The summed E-state index contributed by atoms with van der Waals surface area (Å²) >= 11 is 11.5. The monoisotopic (exact) mass is 334 g/mol. The van der Waals surface area contributed by atoms with Crippen LogP contribution in [0.4, 0.5) is 0 Å². The smallest absolute Gasteiger partial charge is 0.0787 e. The van der Waals surface area contributed by atoms with E-state index >= 15 is 0 Å². The first-order chi connectivity index (χ1) is 8.31. The molecule has 0 aromatic heterocycles. The molecule has 19 heavy (non-hydrogen) atoms. The largest absolute Gasteiger partial charge is 1.00 e. The lowest BCUT2D eigenvalue weighted by Gasteiger charge is -2.28. The molecule has 0 saturated heterocycles. The van der Waals surface area contributed by atoms with Gasteiger partial charge in [-0.15, -0.1) is 3.94 Å². The van der Waals surface area contributed by atoms with E-state index in [2.05, 4.69) is 41.7 Å². The predicted molar refractivity (Wildman–Crippen MR) is 84.4 cm³/mol. The molecular weight excluding hydrogens is 303 g/mol. The van der Waals surface area contributed by atoms with Crippen LogP contribution < -0.4 is 17.3 Å². The Morgan fingerprint density at radius 2 is 1.42 bits per heavy atom. The van der Waals surface area contributed by atoms with Gasteiger partial charge in [-0.25, -0.2) is 0 Å². The van der Waals surface area contributed by atoms with Gasteiger partial charge in [-0.3, -0.25) is 0 Å². The minimum Gasteiger partial charge on any atom is -1.00 e. The first-order valence-corrected chi connectivity index (χ1v) is 7.92. The van der Waals surface area contributed by atoms with Crippen LogP contribution in [0.25, 0.3) is 0 Å². The molecule has 0 amide bonds. The minimum atomic E-state index is -0.128. The van der Waals surface area contributed by atoms with Gasteiger partial charge in [-0.05, 0) is 43.8 Å². The van der Waals surface area contributed by atoms with Crippen molar-refractivity contribution in [2.24, 2.45) is 0 Å². The van der Waals surface area contributed by atoms with Gasteiger partial charge < -0.3 is 17.3 Å². The van der Waals surface area contributed by atoms with E-state index in [-0.39, 0.29) is 17.9 Å². The summed E-state index contributed by atoms with van der Waals surface area (Å²) in [5, 5.41) is 0. The topological polar surface area (TPSA) is 7.68 Å². The molecule has 0 saturated carbocycles. The molecule has 0 fully saturated rings. The summed E-state index contributed by atoms with van der Waals surface area (Å²) in [6, 6.07) is 0. The van der Waals surface area contributed by atoms with Gasteiger partial charge in [-0.2, -0.15) is 0 Å². The van der Waals surface area contributed by atoms with Gasteiger partial charge in [0.1, 0.15) is 0 Å². The zero-order valence-electron chi connectivity index (χ0n) is 13.5. The van der Waals surface area contributed by atoms with E-state index in [1.807, 2.05) is 0 Å². The Bertz CT molecular complexity index is 174. The maximum absolute atomic E-state index is 5.75. The van der Waals surface area contributed by atoms with Crippen molar-refractivity contribution in [3.05, 3.63) is 0 Å². The molecule has 0 aromatic rings. The first-order valence-electron chi connectivity index (χ1n) is 7.24.